The van der Waals surface area contributed by atoms with Gasteiger partial charge in [0.1, 0.15) is 53.7 Å². The number of aromatic nitrogens is 3. The summed E-state index contributed by atoms with van der Waals surface area (Å²) in [6, 6.07) is 7.89. The Balaban J connectivity index is 0.568. The van der Waals surface area contributed by atoms with Crippen LogP contribution in [0.3, 0.4) is 0 Å². The molecular weight excluding hydrogens is 1260 g/mol. The topological polar surface area (TPSA) is 265 Å². The summed E-state index contributed by atoms with van der Waals surface area (Å²) in [5.74, 6) is -1.34. The zero-order valence-corrected chi connectivity index (χ0v) is 57.4. The second-order valence-electron chi connectivity index (χ2n) is 30.0. The molecule has 27 heteroatoms. The number of thiazole rings is 1. The molecule has 1 aliphatic carbocycles. The number of benzene rings is 2. The number of ether oxygens (including phenoxy) is 1. The second kappa shape index (κ2) is 29.8. The molecule has 1 saturated carbocycles. The fourth-order valence-corrected chi connectivity index (χ4v) is 15.5. The van der Waals surface area contributed by atoms with Crippen LogP contribution >= 0.6 is 11.3 Å². The highest BCUT2D eigenvalue weighted by molar-refractivity contribution is 7.13. The van der Waals surface area contributed by atoms with Crippen molar-refractivity contribution in [1.82, 2.24) is 61.1 Å². The highest BCUT2D eigenvalue weighted by atomic mass is 32.1. The fraction of sp³-hybridized carbons (Fsp3) is 0.652. The number of alkyl halides is 1. The highest BCUT2D eigenvalue weighted by Crippen LogP contribution is 2.42. The summed E-state index contributed by atoms with van der Waals surface area (Å²) in [6.07, 6.45) is 6.64. The smallest absolute Gasteiger partial charge is 0.258 e. The lowest BCUT2D eigenvalue weighted by molar-refractivity contribution is -0.145. The maximum Gasteiger partial charge on any atom is 0.258 e. The molecule has 0 radical (unpaired) electrons. The van der Waals surface area contributed by atoms with E-state index in [1.54, 1.807) is 31.2 Å². The Morgan fingerprint density at radius 1 is 0.771 bits per heavy atom. The molecule has 2 spiro atoms. The van der Waals surface area contributed by atoms with Gasteiger partial charge < -0.3 is 61.1 Å². The molecule has 5 amide bonds. The highest BCUT2D eigenvalue weighted by Gasteiger charge is 2.54. The minimum Gasteiger partial charge on any atom is -0.483 e. The molecule has 2 aromatic heterocycles. The third kappa shape index (κ3) is 17.6. The standard InChI is InChI=1S/C69H98F3N15O8S/c1-45-60(96-44-79-45)46-9-10-47(34-76-62(92)53-31-49(88)36-87(53)63(93)61(65(2,3)4)80-64(94)69(72)11-12-69)54(30-46)95-39-59(91)75-21-8-22-83-25-15-67(40-83)16-26-84(41-67)37-57(89)74-20-7-19-73-55-33-56(78-43-77-55)85-27-17-68(18-28-85)42-86(38-58(90)81-68)52-32-50(70)48(29-51(52)71)35-82-23-13-66(5,6)14-24-82/h9-10,29-30,32-33,43-44,49,53,58,61,81,88,90H,7-8,11-28,31,34-42H2,1-6H3,(H,74,89)(H,75,91)(H,76,92)(H,80,94)(H,73,77,78)/t49-,53+,58?,61-,67-/m1/s1. The summed E-state index contributed by atoms with van der Waals surface area (Å²) < 4.78 is 52.3. The Labute approximate surface area is 565 Å². The summed E-state index contributed by atoms with van der Waals surface area (Å²) >= 11 is 1.47. The molecule has 8 heterocycles. The number of β-amino-alcohol motifs (C(OH)–C–C–N with tert-alkyl or cyclic N) is 2. The average Bonchev–Trinajstić information content (AvgIpc) is 1.11. The van der Waals surface area contributed by atoms with Crippen LogP contribution < -0.4 is 46.4 Å². The quantitative estimate of drug-likeness (QED) is 0.0402. The van der Waals surface area contributed by atoms with Crippen LogP contribution in [0.25, 0.3) is 10.4 Å². The second-order valence-corrected chi connectivity index (χ2v) is 30.8. The van der Waals surface area contributed by atoms with E-state index in [4.69, 9.17) is 4.74 Å². The van der Waals surface area contributed by atoms with Crippen molar-refractivity contribution in [2.24, 2.45) is 16.2 Å². The van der Waals surface area contributed by atoms with Crippen LogP contribution in [-0.2, 0) is 37.1 Å². The van der Waals surface area contributed by atoms with E-state index in [-0.39, 0.29) is 73.8 Å². The van der Waals surface area contributed by atoms with Crippen LogP contribution in [0.4, 0.5) is 30.5 Å². The van der Waals surface area contributed by atoms with Gasteiger partial charge in [-0.1, -0.05) is 46.8 Å². The summed E-state index contributed by atoms with van der Waals surface area (Å²) in [5.41, 5.74) is 1.58. The van der Waals surface area contributed by atoms with Crippen molar-refractivity contribution in [3.05, 3.63) is 76.7 Å². The van der Waals surface area contributed by atoms with E-state index in [1.165, 1.54) is 34.7 Å². The number of nitrogens with one attached hydrogen (secondary N) is 6. The van der Waals surface area contributed by atoms with Gasteiger partial charge in [-0.25, -0.2) is 28.1 Å². The first-order valence-electron chi connectivity index (χ1n) is 34.4. The summed E-state index contributed by atoms with van der Waals surface area (Å²) in [6.45, 7) is 21.4. The molecule has 0 bridgehead atoms. The molecule has 7 aliphatic rings. The molecule has 23 nitrogen and oxygen atoms in total. The molecule has 96 heavy (non-hydrogen) atoms. The number of hydrogen-bond donors (Lipinski definition) is 8. The number of carbonyl (C=O) groups excluding carboxylic acids is 5. The average molecular weight is 1350 g/mol. The lowest BCUT2D eigenvalue weighted by Gasteiger charge is -2.50. The number of piperidine rings is 2. The van der Waals surface area contributed by atoms with E-state index in [0.29, 0.717) is 94.3 Å². The number of hydrogen-bond acceptors (Lipinski definition) is 19. The third-order valence-electron chi connectivity index (χ3n) is 20.7. The zero-order chi connectivity index (χ0) is 68.2. The van der Waals surface area contributed by atoms with Crippen LogP contribution in [0.2, 0.25) is 0 Å². The number of nitrogens with zero attached hydrogens (tertiary/aromatic N) is 9. The lowest BCUT2D eigenvalue weighted by atomic mass is 9.82. The van der Waals surface area contributed by atoms with Gasteiger partial charge >= 0.3 is 0 Å². The lowest BCUT2D eigenvalue weighted by Crippen LogP contribution is -2.68. The number of aliphatic hydroxyl groups is 2. The van der Waals surface area contributed by atoms with Crippen molar-refractivity contribution in [2.45, 2.75) is 161 Å². The maximum atomic E-state index is 15.8. The predicted molar refractivity (Wildman–Crippen MR) is 361 cm³/mol. The van der Waals surface area contributed by atoms with Crippen molar-refractivity contribution < 1.29 is 52.1 Å². The van der Waals surface area contributed by atoms with E-state index >= 15 is 8.78 Å². The summed E-state index contributed by atoms with van der Waals surface area (Å²) in [5, 5.41) is 40.1. The number of likely N-dealkylation sites (tertiary alicyclic amines) is 4. The van der Waals surface area contributed by atoms with Crippen LogP contribution in [0, 0.1) is 34.8 Å². The van der Waals surface area contributed by atoms with Gasteiger partial charge in [0.2, 0.25) is 17.7 Å². The van der Waals surface area contributed by atoms with Gasteiger partial charge in [-0.2, -0.15) is 0 Å². The number of amides is 5. The van der Waals surface area contributed by atoms with Crippen molar-refractivity contribution in [2.75, 3.05) is 126 Å². The third-order valence-corrected chi connectivity index (χ3v) is 21.7. The predicted octanol–water partition coefficient (Wildman–Crippen LogP) is 5.09. The van der Waals surface area contributed by atoms with Gasteiger partial charge in [0, 0.05) is 107 Å². The van der Waals surface area contributed by atoms with Gasteiger partial charge in [-0.15, -0.1) is 11.3 Å². The molecule has 2 aromatic carbocycles. The van der Waals surface area contributed by atoms with Gasteiger partial charge in [0.05, 0.1) is 41.0 Å². The minimum atomic E-state index is -2.00. The van der Waals surface area contributed by atoms with Gasteiger partial charge in [-0.3, -0.25) is 39.1 Å². The first-order chi connectivity index (χ1) is 45.7. The molecule has 7 fully saturated rings. The summed E-state index contributed by atoms with van der Waals surface area (Å²) in [4.78, 5) is 93.6. The number of anilines is 3. The largest absolute Gasteiger partial charge is 0.483 e. The first kappa shape index (κ1) is 70.6. The maximum absolute atomic E-state index is 15.8. The number of rotatable bonds is 25. The Bertz CT molecular complexity index is 3430. The molecule has 1 unspecified atom stereocenters. The number of aliphatic hydroxyl groups excluding tert-OH is 2. The first-order valence-corrected chi connectivity index (χ1v) is 35.2. The molecule has 6 saturated heterocycles. The van der Waals surface area contributed by atoms with E-state index in [9.17, 15) is 38.6 Å². The Kier molecular flexibility index (Phi) is 21.9. The van der Waals surface area contributed by atoms with Crippen molar-refractivity contribution in [3.63, 3.8) is 0 Å². The Hall–Kier alpha value is -6.75. The molecule has 6 aliphatic heterocycles. The van der Waals surface area contributed by atoms with Crippen LogP contribution in [0.15, 0.2) is 48.2 Å². The monoisotopic (exact) mass is 1350 g/mol. The van der Waals surface area contributed by atoms with E-state index < -0.39 is 70.4 Å². The SMILES string of the molecule is Cc1ncsc1-c1ccc(CNC(=O)[C@@H]2C[C@@H](O)CN2C(=O)[C@@H](NC(=O)C2(F)CC2)C(C)(C)C)c(OCC(=O)NCCCN2CC[C@@]3(CCN(CC(=O)NCCCNc4cc(N5CCC6(CC5)CN(c5cc(F)c(CN7CCC(C)(C)CC7)cc5F)CC(O)N6)ncn4)C3)C2)c1. The normalized spacial score (nSPS) is 23.7. The van der Waals surface area contributed by atoms with Crippen molar-refractivity contribution in [1.29, 1.82) is 0 Å². The van der Waals surface area contributed by atoms with Gasteiger partial charge in [0.15, 0.2) is 12.3 Å². The van der Waals surface area contributed by atoms with Crippen LogP contribution in [0.5, 0.6) is 5.75 Å². The number of halogens is 3. The molecule has 4 aromatic rings. The molecule has 8 N–H and O–H groups in total. The molecule has 524 valence electrons. The summed E-state index contributed by atoms with van der Waals surface area (Å²) in [7, 11) is 0. The van der Waals surface area contributed by atoms with Crippen LogP contribution in [-0.4, -0.2) is 221 Å². The zero-order valence-electron chi connectivity index (χ0n) is 56.6. The van der Waals surface area contributed by atoms with Gasteiger partial charge in [-0.05, 0) is 138 Å². The van der Waals surface area contributed by atoms with Gasteiger partial charge in [0.25, 0.3) is 11.8 Å². The molecule has 11 rings (SSSR count). The number of piperazine rings is 1. The van der Waals surface area contributed by atoms with Crippen molar-refractivity contribution in [3.8, 4) is 16.2 Å². The molecular formula is C69H98F3N15O8S. The molecule has 5 atom stereocenters. The van der Waals surface area contributed by atoms with E-state index in [2.05, 4.69) is 80.3 Å². The van der Waals surface area contributed by atoms with Crippen LogP contribution in [0.1, 0.15) is 122 Å². The number of aryl methyl sites for hydroxylation is 1. The minimum absolute atomic E-state index is 0.00424. The Morgan fingerprint density at radius 2 is 1.49 bits per heavy atom. The fourth-order valence-electron chi connectivity index (χ4n) is 14.7. The Morgan fingerprint density at radius 3 is 2.22 bits per heavy atom. The van der Waals surface area contributed by atoms with E-state index in [0.717, 1.165) is 99.9 Å². The number of carbonyl (C=O) groups is 5. The van der Waals surface area contributed by atoms with Crippen molar-refractivity contribution >= 4 is 58.2 Å². The van der Waals surface area contributed by atoms with E-state index in [1.807, 2.05) is 31.2 Å².